The first-order valence-electron chi connectivity index (χ1n) is 6.17. The van der Waals surface area contributed by atoms with Gasteiger partial charge in [-0.15, -0.1) is 11.3 Å². The van der Waals surface area contributed by atoms with Crippen molar-refractivity contribution >= 4 is 33.9 Å². The number of ether oxygens (including phenoxy) is 1. The van der Waals surface area contributed by atoms with Crippen molar-refractivity contribution in [3.05, 3.63) is 56.5 Å². The van der Waals surface area contributed by atoms with Crippen LogP contribution in [0.1, 0.15) is 25.6 Å². The van der Waals surface area contributed by atoms with E-state index in [2.05, 4.69) is 10.1 Å². The molecule has 0 saturated carbocycles. The third-order valence-corrected chi connectivity index (χ3v) is 3.77. The largest absolute Gasteiger partial charge is 0.465 e. The molecule has 2 aromatic rings. The lowest BCUT2D eigenvalue weighted by atomic mass is 10.2. The zero-order valence-electron chi connectivity index (χ0n) is 11.8. The minimum Gasteiger partial charge on any atom is -0.465 e. The van der Waals surface area contributed by atoms with E-state index in [1.165, 1.54) is 42.7 Å². The molecule has 0 saturated heterocycles. The molecule has 0 aliphatic rings. The van der Waals surface area contributed by atoms with Crippen LogP contribution in [0.5, 0.6) is 0 Å². The Kier molecular flexibility index (Phi) is 4.52. The number of nitrogens with zero attached hydrogens (tertiary/aromatic N) is 1. The van der Waals surface area contributed by atoms with Crippen LogP contribution in [0.15, 0.2) is 30.3 Å². The number of nitrogens with one attached hydrogen (secondary N) is 1. The molecule has 0 fully saturated rings. The molecule has 22 heavy (non-hydrogen) atoms. The van der Waals surface area contributed by atoms with Crippen LogP contribution in [-0.4, -0.2) is 23.9 Å². The highest BCUT2D eigenvalue weighted by atomic mass is 32.1. The number of anilines is 1. The van der Waals surface area contributed by atoms with Gasteiger partial charge in [0.2, 0.25) is 0 Å². The van der Waals surface area contributed by atoms with E-state index in [0.29, 0.717) is 5.00 Å². The molecule has 0 unspecified atom stereocenters. The van der Waals surface area contributed by atoms with Crippen molar-refractivity contribution in [1.82, 2.24) is 0 Å². The third kappa shape index (κ3) is 3.29. The van der Waals surface area contributed by atoms with E-state index in [0.717, 1.165) is 4.88 Å². The SMILES string of the molecule is COC(=O)c1cc(C)sc1NC(=O)c1cccc([N+](=O)[O-])c1. The molecule has 1 amide bonds. The number of amides is 1. The number of aryl methyl sites for hydroxylation is 1. The highest BCUT2D eigenvalue weighted by Gasteiger charge is 2.19. The van der Waals surface area contributed by atoms with E-state index in [1.807, 2.05) is 0 Å². The fourth-order valence-electron chi connectivity index (χ4n) is 1.80. The second-order valence-electron chi connectivity index (χ2n) is 4.35. The number of methoxy groups -OCH3 is 1. The van der Waals surface area contributed by atoms with Gasteiger partial charge in [0.05, 0.1) is 17.6 Å². The zero-order chi connectivity index (χ0) is 16.3. The van der Waals surface area contributed by atoms with Crippen molar-refractivity contribution in [2.24, 2.45) is 0 Å². The van der Waals surface area contributed by atoms with Crippen LogP contribution in [0.3, 0.4) is 0 Å². The highest BCUT2D eigenvalue weighted by molar-refractivity contribution is 7.16. The summed E-state index contributed by atoms with van der Waals surface area (Å²) in [7, 11) is 1.25. The van der Waals surface area contributed by atoms with Gasteiger partial charge in [-0.05, 0) is 19.1 Å². The molecule has 0 atom stereocenters. The van der Waals surface area contributed by atoms with Crippen molar-refractivity contribution in [3.8, 4) is 0 Å². The molecule has 0 bridgehead atoms. The summed E-state index contributed by atoms with van der Waals surface area (Å²) in [5.74, 6) is -1.09. The predicted octanol–water partition coefficient (Wildman–Crippen LogP) is 3.00. The number of hydrogen-bond donors (Lipinski definition) is 1. The Hall–Kier alpha value is -2.74. The molecule has 1 heterocycles. The number of hydrogen-bond acceptors (Lipinski definition) is 6. The summed E-state index contributed by atoms with van der Waals surface area (Å²) in [5.41, 5.74) is 0.211. The molecular formula is C14H12N2O5S. The van der Waals surface area contributed by atoms with Crippen LogP contribution < -0.4 is 5.32 Å². The molecule has 0 aliphatic heterocycles. The second kappa shape index (κ2) is 6.35. The molecule has 7 nitrogen and oxygen atoms in total. The molecular weight excluding hydrogens is 308 g/mol. The summed E-state index contributed by atoms with van der Waals surface area (Å²) in [6.07, 6.45) is 0. The number of carbonyl (C=O) groups excluding carboxylic acids is 2. The number of rotatable bonds is 4. The Bertz CT molecular complexity index is 753. The van der Waals surface area contributed by atoms with Crippen LogP contribution in [-0.2, 0) is 4.74 Å². The monoisotopic (exact) mass is 320 g/mol. The van der Waals surface area contributed by atoms with Crippen molar-refractivity contribution in [2.45, 2.75) is 6.92 Å². The van der Waals surface area contributed by atoms with Crippen LogP contribution >= 0.6 is 11.3 Å². The summed E-state index contributed by atoms with van der Waals surface area (Å²) in [5, 5.41) is 13.7. The van der Waals surface area contributed by atoms with Crippen molar-refractivity contribution in [1.29, 1.82) is 0 Å². The predicted molar refractivity (Wildman–Crippen MR) is 81.4 cm³/mol. The lowest BCUT2D eigenvalue weighted by Crippen LogP contribution is -2.13. The zero-order valence-corrected chi connectivity index (χ0v) is 12.6. The smallest absolute Gasteiger partial charge is 0.340 e. The molecule has 2 rings (SSSR count). The quantitative estimate of drug-likeness (QED) is 0.530. The lowest BCUT2D eigenvalue weighted by Gasteiger charge is -2.05. The normalized spacial score (nSPS) is 10.1. The van der Waals surface area contributed by atoms with Crippen LogP contribution in [0.2, 0.25) is 0 Å². The Morgan fingerprint density at radius 2 is 2.05 bits per heavy atom. The van der Waals surface area contributed by atoms with Gasteiger partial charge in [-0.3, -0.25) is 14.9 Å². The van der Waals surface area contributed by atoms with E-state index < -0.39 is 16.8 Å². The maximum atomic E-state index is 12.2. The number of thiophene rings is 1. The van der Waals surface area contributed by atoms with E-state index in [9.17, 15) is 19.7 Å². The fraction of sp³-hybridized carbons (Fsp3) is 0.143. The van der Waals surface area contributed by atoms with Gasteiger partial charge in [-0.2, -0.15) is 0 Å². The molecule has 1 aromatic heterocycles. The van der Waals surface area contributed by atoms with Crippen LogP contribution in [0.4, 0.5) is 10.7 Å². The number of esters is 1. The summed E-state index contributed by atoms with van der Waals surface area (Å²) in [6.45, 7) is 1.79. The molecule has 114 valence electrons. The van der Waals surface area contributed by atoms with Crippen molar-refractivity contribution in [3.63, 3.8) is 0 Å². The number of benzene rings is 1. The maximum absolute atomic E-state index is 12.2. The van der Waals surface area contributed by atoms with Gasteiger partial charge < -0.3 is 10.1 Å². The topological polar surface area (TPSA) is 98.5 Å². The van der Waals surface area contributed by atoms with Gasteiger partial charge in [0, 0.05) is 22.6 Å². The molecule has 0 aliphatic carbocycles. The molecule has 8 heteroatoms. The molecule has 1 aromatic carbocycles. The van der Waals surface area contributed by atoms with E-state index in [-0.39, 0.29) is 16.8 Å². The highest BCUT2D eigenvalue weighted by Crippen LogP contribution is 2.28. The Balaban J connectivity index is 2.28. The van der Waals surface area contributed by atoms with E-state index >= 15 is 0 Å². The lowest BCUT2D eigenvalue weighted by molar-refractivity contribution is -0.384. The Morgan fingerprint density at radius 3 is 2.68 bits per heavy atom. The van der Waals surface area contributed by atoms with Gasteiger partial charge >= 0.3 is 5.97 Å². The summed E-state index contributed by atoms with van der Waals surface area (Å²) >= 11 is 1.22. The Labute approximate surface area is 129 Å². The number of non-ortho nitro benzene ring substituents is 1. The van der Waals surface area contributed by atoms with Crippen LogP contribution in [0, 0.1) is 17.0 Å². The summed E-state index contributed by atoms with van der Waals surface area (Å²) < 4.78 is 4.66. The van der Waals surface area contributed by atoms with Gasteiger partial charge in [-0.1, -0.05) is 6.07 Å². The second-order valence-corrected chi connectivity index (χ2v) is 5.61. The van der Waals surface area contributed by atoms with Gasteiger partial charge in [0.1, 0.15) is 5.00 Å². The van der Waals surface area contributed by atoms with Gasteiger partial charge in [0.25, 0.3) is 11.6 Å². The van der Waals surface area contributed by atoms with Gasteiger partial charge in [-0.25, -0.2) is 4.79 Å². The van der Waals surface area contributed by atoms with E-state index in [4.69, 9.17) is 0 Å². The summed E-state index contributed by atoms with van der Waals surface area (Å²) in [4.78, 5) is 34.8. The van der Waals surface area contributed by atoms with Crippen molar-refractivity contribution < 1.29 is 19.2 Å². The maximum Gasteiger partial charge on any atom is 0.340 e. The number of nitro benzene ring substituents is 1. The minimum atomic E-state index is -0.577. The standard InChI is InChI=1S/C14H12N2O5S/c1-8-6-11(14(18)21-2)13(22-8)15-12(17)9-4-3-5-10(7-9)16(19)20/h3-7H,1-2H3,(H,15,17). The van der Waals surface area contributed by atoms with Gasteiger partial charge in [0.15, 0.2) is 0 Å². The molecule has 0 radical (unpaired) electrons. The first-order chi connectivity index (χ1) is 10.4. The summed E-state index contributed by atoms with van der Waals surface area (Å²) in [6, 6.07) is 6.97. The Morgan fingerprint density at radius 1 is 1.32 bits per heavy atom. The first kappa shape index (κ1) is 15.6. The fourth-order valence-corrected chi connectivity index (χ4v) is 2.70. The molecule has 1 N–H and O–H groups in total. The first-order valence-corrected chi connectivity index (χ1v) is 6.98. The average molecular weight is 320 g/mol. The average Bonchev–Trinajstić information content (AvgIpc) is 2.87. The van der Waals surface area contributed by atoms with Crippen LogP contribution in [0.25, 0.3) is 0 Å². The van der Waals surface area contributed by atoms with E-state index in [1.54, 1.807) is 13.0 Å². The molecule has 0 spiro atoms. The minimum absolute atomic E-state index is 0.135. The van der Waals surface area contributed by atoms with Crippen molar-refractivity contribution in [2.75, 3.05) is 12.4 Å². The number of nitro groups is 1. The third-order valence-electron chi connectivity index (χ3n) is 2.81. The number of carbonyl (C=O) groups is 2.